The summed E-state index contributed by atoms with van der Waals surface area (Å²) in [4.78, 5) is 12.0. The van der Waals surface area contributed by atoms with Crippen LogP contribution in [0.15, 0.2) is 48.5 Å². The maximum atomic E-state index is 12.9. The smallest absolute Gasteiger partial charge is 0.263 e. The van der Waals surface area contributed by atoms with Crippen LogP contribution in [0.4, 0.5) is 10.2 Å². The summed E-state index contributed by atoms with van der Waals surface area (Å²) < 4.78 is 28.7. The SMILES string of the molecule is COc1cc(CCc2cc(NC(=O)COc3ccc(F)cc3)n[nH]2)cc(OC)c1. The lowest BCUT2D eigenvalue weighted by Gasteiger charge is -2.08. The highest BCUT2D eigenvalue weighted by Crippen LogP contribution is 2.23. The third kappa shape index (κ3) is 5.97. The number of benzene rings is 2. The molecule has 1 heterocycles. The van der Waals surface area contributed by atoms with E-state index in [2.05, 4.69) is 15.5 Å². The minimum atomic E-state index is -0.363. The molecule has 0 aliphatic heterocycles. The number of aromatic nitrogens is 2. The van der Waals surface area contributed by atoms with E-state index in [-0.39, 0.29) is 18.3 Å². The molecule has 3 aromatic rings. The first-order chi connectivity index (χ1) is 14.1. The number of carbonyl (C=O) groups is 1. The van der Waals surface area contributed by atoms with Gasteiger partial charge in [0.1, 0.15) is 23.1 Å². The number of aromatic amines is 1. The molecule has 0 unspecified atom stereocenters. The summed E-state index contributed by atoms with van der Waals surface area (Å²) in [5.41, 5.74) is 1.94. The van der Waals surface area contributed by atoms with Crippen molar-refractivity contribution in [1.29, 1.82) is 0 Å². The Labute approximate surface area is 167 Å². The summed E-state index contributed by atoms with van der Waals surface area (Å²) >= 11 is 0. The molecule has 1 aromatic heterocycles. The maximum absolute atomic E-state index is 12.9. The van der Waals surface area contributed by atoms with Gasteiger partial charge in [-0.25, -0.2) is 4.39 Å². The number of hydrogen-bond acceptors (Lipinski definition) is 5. The lowest BCUT2D eigenvalue weighted by Crippen LogP contribution is -2.20. The van der Waals surface area contributed by atoms with Crippen LogP contribution in [0, 0.1) is 5.82 Å². The van der Waals surface area contributed by atoms with E-state index in [0.717, 1.165) is 29.2 Å². The third-order valence-corrected chi connectivity index (χ3v) is 4.18. The average molecular weight is 399 g/mol. The topological polar surface area (TPSA) is 85.5 Å². The zero-order valence-corrected chi connectivity index (χ0v) is 16.2. The third-order valence-electron chi connectivity index (χ3n) is 4.18. The molecule has 8 heteroatoms. The van der Waals surface area contributed by atoms with Crippen LogP contribution in [0.3, 0.4) is 0 Å². The van der Waals surface area contributed by atoms with Crippen molar-refractivity contribution in [2.45, 2.75) is 12.8 Å². The van der Waals surface area contributed by atoms with E-state index in [1.165, 1.54) is 24.3 Å². The van der Waals surface area contributed by atoms with Gasteiger partial charge in [-0.1, -0.05) is 0 Å². The predicted octanol–water partition coefficient (Wildman–Crippen LogP) is 3.37. The van der Waals surface area contributed by atoms with Gasteiger partial charge in [0.2, 0.25) is 0 Å². The lowest BCUT2D eigenvalue weighted by molar-refractivity contribution is -0.118. The van der Waals surface area contributed by atoms with Crippen LogP contribution in [-0.4, -0.2) is 36.9 Å². The van der Waals surface area contributed by atoms with Crippen molar-refractivity contribution in [3.8, 4) is 17.2 Å². The molecule has 2 aromatic carbocycles. The number of nitrogens with zero attached hydrogens (tertiary/aromatic N) is 1. The molecule has 0 saturated heterocycles. The van der Waals surface area contributed by atoms with Crippen molar-refractivity contribution in [2.75, 3.05) is 26.1 Å². The number of hydrogen-bond donors (Lipinski definition) is 2. The van der Waals surface area contributed by atoms with Gasteiger partial charge in [-0.2, -0.15) is 5.10 Å². The number of carbonyl (C=O) groups excluding carboxylic acids is 1. The van der Waals surface area contributed by atoms with Crippen LogP contribution in [0.5, 0.6) is 17.2 Å². The number of halogens is 1. The number of aryl methyl sites for hydroxylation is 2. The summed E-state index contributed by atoms with van der Waals surface area (Å²) in [5, 5.41) is 9.66. The molecule has 1 amide bonds. The Morgan fingerprint density at radius 3 is 2.34 bits per heavy atom. The molecule has 0 atom stereocenters. The lowest BCUT2D eigenvalue weighted by atomic mass is 10.1. The molecule has 0 radical (unpaired) electrons. The van der Waals surface area contributed by atoms with E-state index in [1.807, 2.05) is 18.2 Å². The number of anilines is 1. The highest BCUT2D eigenvalue weighted by Gasteiger charge is 2.08. The molecule has 2 N–H and O–H groups in total. The Balaban J connectivity index is 1.50. The standard InChI is InChI=1S/C21H22FN3O4/c1-27-18-9-14(10-19(12-18)28-2)3-6-16-11-20(25-24-16)23-21(26)13-29-17-7-4-15(22)5-8-17/h4-5,7-12H,3,6,13H2,1-2H3,(H2,23,24,25,26). The van der Waals surface area contributed by atoms with Crippen LogP contribution >= 0.6 is 0 Å². The fourth-order valence-electron chi connectivity index (χ4n) is 2.70. The molecule has 0 fully saturated rings. The van der Waals surface area contributed by atoms with E-state index in [4.69, 9.17) is 14.2 Å². The molecule has 0 saturated carbocycles. The minimum Gasteiger partial charge on any atom is -0.497 e. The summed E-state index contributed by atoms with van der Waals surface area (Å²) in [5.74, 6) is 1.58. The molecule has 3 rings (SSSR count). The number of amides is 1. The normalized spacial score (nSPS) is 10.4. The Kier molecular flexibility index (Phi) is 6.67. The predicted molar refractivity (Wildman–Crippen MR) is 106 cm³/mol. The number of nitrogens with one attached hydrogen (secondary N) is 2. The molecule has 152 valence electrons. The molecular weight excluding hydrogens is 377 g/mol. The number of rotatable bonds is 9. The van der Waals surface area contributed by atoms with Crippen LogP contribution in [0.25, 0.3) is 0 Å². The van der Waals surface area contributed by atoms with E-state index >= 15 is 0 Å². The van der Waals surface area contributed by atoms with Gasteiger partial charge in [-0.05, 0) is 54.8 Å². The number of H-pyrrole nitrogens is 1. The Morgan fingerprint density at radius 1 is 1.00 bits per heavy atom. The molecule has 0 bridgehead atoms. The van der Waals surface area contributed by atoms with Gasteiger partial charge < -0.3 is 19.5 Å². The second-order valence-electron chi connectivity index (χ2n) is 6.29. The quantitative estimate of drug-likeness (QED) is 0.576. The van der Waals surface area contributed by atoms with Gasteiger partial charge in [0.05, 0.1) is 14.2 Å². The van der Waals surface area contributed by atoms with Gasteiger partial charge in [0.25, 0.3) is 5.91 Å². The Morgan fingerprint density at radius 2 is 1.69 bits per heavy atom. The van der Waals surface area contributed by atoms with Crippen LogP contribution < -0.4 is 19.5 Å². The van der Waals surface area contributed by atoms with Gasteiger partial charge >= 0.3 is 0 Å². The van der Waals surface area contributed by atoms with E-state index < -0.39 is 0 Å². The van der Waals surface area contributed by atoms with Crippen molar-refractivity contribution in [3.63, 3.8) is 0 Å². The van der Waals surface area contributed by atoms with Crippen LogP contribution in [0.2, 0.25) is 0 Å². The Bertz CT molecular complexity index is 935. The number of methoxy groups -OCH3 is 2. The highest BCUT2D eigenvalue weighted by molar-refractivity contribution is 5.90. The molecule has 7 nitrogen and oxygen atoms in total. The summed E-state index contributed by atoms with van der Waals surface area (Å²) in [6.07, 6.45) is 1.45. The fourth-order valence-corrected chi connectivity index (χ4v) is 2.70. The monoisotopic (exact) mass is 399 g/mol. The summed E-state index contributed by atoms with van der Waals surface area (Å²) in [7, 11) is 3.23. The van der Waals surface area contributed by atoms with Gasteiger partial charge in [-0.3, -0.25) is 9.89 Å². The van der Waals surface area contributed by atoms with Crippen molar-refractivity contribution < 1.29 is 23.4 Å². The zero-order chi connectivity index (χ0) is 20.6. The first-order valence-electron chi connectivity index (χ1n) is 9.00. The minimum absolute atomic E-state index is 0.197. The molecular formula is C21H22FN3O4. The second kappa shape index (κ2) is 9.59. The van der Waals surface area contributed by atoms with E-state index in [0.29, 0.717) is 18.0 Å². The van der Waals surface area contributed by atoms with E-state index in [9.17, 15) is 9.18 Å². The van der Waals surface area contributed by atoms with Crippen molar-refractivity contribution in [2.24, 2.45) is 0 Å². The molecule has 0 aliphatic carbocycles. The second-order valence-corrected chi connectivity index (χ2v) is 6.29. The number of ether oxygens (including phenoxy) is 3. The van der Waals surface area contributed by atoms with Gasteiger partial charge in [0, 0.05) is 17.8 Å². The first-order valence-corrected chi connectivity index (χ1v) is 9.00. The Hall–Kier alpha value is -3.55. The fraction of sp³-hybridized carbons (Fsp3) is 0.238. The summed E-state index contributed by atoms with van der Waals surface area (Å²) in [6, 6.07) is 13.0. The van der Waals surface area contributed by atoms with Crippen LogP contribution in [0.1, 0.15) is 11.3 Å². The van der Waals surface area contributed by atoms with Gasteiger partial charge in [0.15, 0.2) is 12.4 Å². The van der Waals surface area contributed by atoms with E-state index in [1.54, 1.807) is 20.3 Å². The van der Waals surface area contributed by atoms with Crippen molar-refractivity contribution in [3.05, 3.63) is 65.6 Å². The van der Waals surface area contributed by atoms with Crippen molar-refractivity contribution >= 4 is 11.7 Å². The zero-order valence-electron chi connectivity index (χ0n) is 16.2. The first kappa shape index (κ1) is 20.2. The largest absolute Gasteiger partial charge is 0.497 e. The summed E-state index contributed by atoms with van der Waals surface area (Å²) in [6.45, 7) is -0.197. The molecule has 0 aliphatic rings. The highest BCUT2D eigenvalue weighted by atomic mass is 19.1. The van der Waals surface area contributed by atoms with Gasteiger partial charge in [-0.15, -0.1) is 0 Å². The average Bonchev–Trinajstić information content (AvgIpc) is 3.18. The van der Waals surface area contributed by atoms with Crippen LogP contribution in [-0.2, 0) is 17.6 Å². The maximum Gasteiger partial charge on any atom is 0.263 e. The molecule has 29 heavy (non-hydrogen) atoms. The molecule has 0 spiro atoms. The van der Waals surface area contributed by atoms with Crippen molar-refractivity contribution in [1.82, 2.24) is 10.2 Å².